The van der Waals surface area contributed by atoms with Gasteiger partial charge >= 0.3 is 0 Å². The number of anilines is 1. The zero-order valence-electron chi connectivity index (χ0n) is 13.2. The van der Waals surface area contributed by atoms with Crippen molar-refractivity contribution < 1.29 is 18.7 Å². The number of halogens is 1. The molecule has 0 radical (unpaired) electrons. The molecule has 2 aliphatic heterocycles. The summed E-state index contributed by atoms with van der Waals surface area (Å²) in [7, 11) is 0. The van der Waals surface area contributed by atoms with Crippen LogP contribution < -0.4 is 10.2 Å². The maximum absolute atomic E-state index is 13.9. The van der Waals surface area contributed by atoms with Gasteiger partial charge in [0, 0.05) is 37.5 Å². The molecular formula is C17H23FN2O3. The monoisotopic (exact) mass is 322 g/mol. The number of morpholine rings is 1. The lowest BCUT2D eigenvalue weighted by Gasteiger charge is -2.29. The van der Waals surface area contributed by atoms with Crippen LogP contribution >= 0.6 is 0 Å². The highest BCUT2D eigenvalue weighted by Gasteiger charge is 2.18. The first-order chi connectivity index (χ1) is 11.2. The highest BCUT2D eigenvalue weighted by Crippen LogP contribution is 2.20. The Morgan fingerprint density at radius 2 is 2.04 bits per heavy atom. The summed E-state index contributed by atoms with van der Waals surface area (Å²) >= 11 is 0. The molecular weight excluding hydrogens is 299 g/mol. The van der Waals surface area contributed by atoms with Crippen molar-refractivity contribution >= 4 is 11.6 Å². The molecule has 0 spiro atoms. The molecule has 0 aromatic heterocycles. The molecule has 3 rings (SSSR count). The summed E-state index contributed by atoms with van der Waals surface area (Å²) in [6, 6.07) is 4.51. The van der Waals surface area contributed by atoms with Crippen molar-refractivity contribution in [2.45, 2.75) is 12.8 Å². The smallest absolute Gasteiger partial charge is 0.251 e. The Morgan fingerprint density at radius 3 is 2.78 bits per heavy atom. The number of hydrogen-bond acceptors (Lipinski definition) is 4. The average molecular weight is 322 g/mol. The van der Waals surface area contributed by atoms with Crippen molar-refractivity contribution in [2.24, 2.45) is 5.92 Å². The van der Waals surface area contributed by atoms with Crippen LogP contribution in [0.5, 0.6) is 0 Å². The van der Waals surface area contributed by atoms with Crippen molar-refractivity contribution in [1.82, 2.24) is 5.32 Å². The number of carbonyl (C=O) groups excluding carboxylic acids is 1. The molecule has 6 heteroatoms. The van der Waals surface area contributed by atoms with E-state index >= 15 is 0 Å². The normalized spacial score (nSPS) is 22.0. The lowest BCUT2D eigenvalue weighted by atomic mass is 10.0. The summed E-state index contributed by atoms with van der Waals surface area (Å²) in [5.41, 5.74) is 1.10. The number of rotatable bonds is 4. The fourth-order valence-electron chi connectivity index (χ4n) is 3.02. The summed E-state index contributed by atoms with van der Waals surface area (Å²) in [6.45, 7) is 4.73. The first-order valence-corrected chi connectivity index (χ1v) is 8.21. The largest absolute Gasteiger partial charge is 0.381 e. The fraction of sp³-hybridized carbons (Fsp3) is 0.588. The van der Waals surface area contributed by atoms with Gasteiger partial charge in [0.1, 0.15) is 5.82 Å². The first-order valence-electron chi connectivity index (χ1n) is 8.21. The van der Waals surface area contributed by atoms with E-state index in [1.54, 1.807) is 6.07 Å². The van der Waals surface area contributed by atoms with Crippen molar-refractivity contribution in [1.29, 1.82) is 0 Å². The van der Waals surface area contributed by atoms with Gasteiger partial charge in [0.15, 0.2) is 0 Å². The first kappa shape index (κ1) is 16.2. The van der Waals surface area contributed by atoms with Crippen LogP contribution in [0.15, 0.2) is 18.2 Å². The van der Waals surface area contributed by atoms with Crippen LogP contribution in [0.2, 0.25) is 0 Å². The molecule has 0 bridgehead atoms. The van der Waals surface area contributed by atoms with Crippen LogP contribution in [0.25, 0.3) is 0 Å². The molecule has 1 amide bonds. The van der Waals surface area contributed by atoms with Crippen molar-refractivity contribution in [3.63, 3.8) is 0 Å². The number of amides is 1. The maximum Gasteiger partial charge on any atom is 0.251 e. The van der Waals surface area contributed by atoms with E-state index in [0.717, 1.165) is 25.1 Å². The molecule has 1 unspecified atom stereocenters. The van der Waals surface area contributed by atoms with Gasteiger partial charge in [-0.1, -0.05) is 0 Å². The lowest BCUT2D eigenvalue weighted by molar-refractivity contribution is 0.0536. The topological polar surface area (TPSA) is 50.8 Å². The van der Waals surface area contributed by atoms with E-state index < -0.39 is 0 Å². The Balaban J connectivity index is 1.63. The van der Waals surface area contributed by atoms with Crippen LogP contribution in [0.3, 0.4) is 0 Å². The molecule has 2 heterocycles. The maximum atomic E-state index is 13.9. The highest BCUT2D eigenvalue weighted by molar-refractivity contribution is 5.95. The third-order valence-electron chi connectivity index (χ3n) is 4.33. The molecule has 0 aliphatic carbocycles. The summed E-state index contributed by atoms with van der Waals surface area (Å²) in [5, 5.41) is 2.90. The van der Waals surface area contributed by atoms with Gasteiger partial charge in [0.05, 0.1) is 19.8 Å². The molecule has 1 atom stereocenters. The van der Waals surface area contributed by atoms with Crippen LogP contribution in [0.4, 0.5) is 10.1 Å². The lowest BCUT2D eigenvalue weighted by Crippen LogP contribution is -2.36. The van der Waals surface area contributed by atoms with Crippen molar-refractivity contribution in [3.05, 3.63) is 29.6 Å². The zero-order chi connectivity index (χ0) is 16.1. The molecule has 23 heavy (non-hydrogen) atoms. The van der Waals surface area contributed by atoms with Crippen LogP contribution in [0.1, 0.15) is 23.2 Å². The third-order valence-corrected chi connectivity index (χ3v) is 4.33. The molecule has 1 aromatic rings. The Morgan fingerprint density at radius 1 is 1.22 bits per heavy atom. The van der Waals surface area contributed by atoms with E-state index in [1.165, 1.54) is 12.1 Å². The predicted octanol–water partition coefficient (Wildman–Crippen LogP) is 1.82. The van der Waals surface area contributed by atoms with E-state index in [-0.39, 0.29) is 11.7 Å². The molecule has 126 valence electrons. The number of carbonyl (C=O) groups is 1. The molecule has 2 saturated heterocycles. The summed E-state index contributed by atoms with van der Waals surface area (Å²) in [5.74, 6) is -0.273. The van der Waals surface area contributed by atoms with Crippen molar-refractivity contribution in [3.8, 4) is 0 Å². The average Bonchev–Trinajstić information content (AvgIpc) is 2.61. The van der Waals surface area contributed by atoms with Gasteiger partial charge in [-0.2, -0.15) is 0 Å². The standard InChI is InChI=1S/C17H23FN2O3/c18-15-8-14(9-16(10-15)20-3-6-22-7-4-20)17(21)19-11-13-2-1-5-23-12-13/h8-10,13H,1-7,11-12H2,(H,19,21). The quantitative estimate of drug-likeness (QED) is 0.919. The van der Waals surface area contributed by atoms with Crippen LogP contribution in [-0.2, 0) is 9.47 Å². The summed E-state index contributed by atoms with van der Waals surface area (Å²) < 4.78 is 24.6. The minimum atomic E-state index is -0.389. The molecule has 1 N–H and O–H groups in total. The van der Waals surface area contributed by atoms with Gasteiger partial charge in [-0.25, -0.2) is 4.39 Å². The Kier molecular flexibility index (Phi) is 5.46. The van der Waals surface area contributed by atoms with Gasteiger partial charge in [-0.05, 0) is 37.0 Å². The number of nitrogens with one attached hydrogen (secondary N) is 1. The van der Waals surface area contributed by atoms with Gasteiger partial charge in [-0.3, -0.25) is 4.79 Å². The second-order valence-corrected chi connectivity index (χ2v) is 6.09. The Bertz CT molecular complexity index is 541. The third kappa shape index (κ3) is 4.42. The minimum absolute atomic E-state index is 0.232. The van der Waals surface area contributed by atoms with E-state index in [0.29, 0.717) is 50.9 Å². The number of ether oxygens (including phenoxy) is 2. The van der Waals surface area contributed by atoms with Gasteiger partial charge < -0.3 is 19.7 Å². The summed E-state index contributed by atoms with van der Waals surface area (Å²) in [6.07, 6.45) is 2.09. The van der Waals surface area contributed by atoms with E-state index in [1.807, 2.05) is 4.90 Å². The number of hydrogen-bond donors (Lipinski definition) is 1. The molecule has 2 fully saturated rings. The van der Waals surface area contributed by atoms with E-state index in [2.05, 4.69) is 5.32 Å². The van der Waals surface area contributed by atoms with E-state index in [9.17, 15) is 9.18 Å². The van der Waals surface area contributed by atoms with Gasteiger partial charge in [-0.15, -0.1) is 0 Å². The van der Waals surface area contributed by atoms with Gasteiger partial charge in [0.2, 0.25) is 0 Å². The fourth-order valence-corrected chi connectivity index (χ4v) is 3.02. The number of nitrogens with zero attached hydrogens (tertiary/aromatic N) is 1. The van der Waals surface area contributed by atoms with Crippen LogP contribution in [-0.4, -0.2) is 52.0 Å². The zero-order valence-corrected chi connectivity index (χ0v) is 13.2. The predicted molar refractivity (Wildman–Crippen MR) is 85.3 cm³/mol. The Labute approximate surface area is 135 Å². The second-order valence-electron chi connectivity index (χ2n) is 6.09. The second kappa shape index (κ2) is 7.75. The highest BCUT2D eigenvalue weighted by atomic mass is 19.1. The van der Waals surface area contributed by atoms with E-state index in [4.69, 9.17) is 9.47 Å². The molecule has 5 nitrogen and oxygen atoms in total. The Hall–Kier alpha value is -1.66. The van der Waals surface area contributed by atoms with Gasteiger partial charge in [0.25, 0.3) is 5.91 Å². The SMILES string of the molecule is O=C(NCC1CCCOC1)c1cc(F)cc(N2CCOCC2)c1. The summed E-state index contributed by atoms with van der Waals surface area (Å²) in [4.78, 5) is 14.4. The minimum Gasteiger partial charge on any atom is -0.381 e. The molecule has 2 aliphatic rings. The number of benzene rings is 1. The molecule has 1 aromatic carbocycles. The van der Waals surface area contributed by atoms with Crippen molar-refractivity contribution in [2.75, 3.05) is 51.0 Å². The molecule has 0 saturated carbocycles. The van der Waals surface area contributed by atoms with Crippen LogP contribution in [0, 0.1) is 11.7 Å².